The Morgan fingerprint density at radius 2 is 1.60 bits per heavy atom. The van der Waals surface area contributed by atoms with E-state index in [4.69, 9.17) is 9.84 Å². The highest BCUT2D eigenvalue weighted by Gasteiger charge is 2.27. The zero-order valence-electron chi connectivity index (χ0n) is 20.4. The van der Waals surface area contributed by atoms with Crippen molar-refractivity contribution in [3.8, 4) is 5.75 Å². The number of hydrazone groups is 1. The van der Waals surface area contributed by atoms with Crippen molar-refractivity contribution in [2.75, 3.05) is 48.0 Å². The number of likely N-dealkylation sites (N-methyl/N-ethyl adjacent to an activating group) is 1. The molecule has 3 aromatic carbocycles. The van der Waals surface area contributed by atoms with Crippen LogP contribution in [0.25, 0.3) is 0 Å². The van der Waals surface area contributed by atoms with E-state index < -0.39 is 0 Å². The van der Waals surface area contributed by atoms with Crippen LogP contribution in [0.5, 0.6) is 5.75 Å². The number of nitrogens with zero attached hydrogens (tertiary/aromatic N) is 4. The third kappa shape index (κ3) is 6.39. The Balaban J connectivity index is 1.53. The average molecular weight is 472 g/mol. The van der Waals surface area contributed by atoms with Gasteiger partial charge in [-0.05, 0) is 61.6 Å². The highest BCUT2D eigenvalue weighted by molar-refractivity contribution is 6.21. The van der Waals surface area contributed by atoms with E-state index in [0.29, 0.717) is 25.4 Å². The Bertz CT molecular complexity index is 1100. The van der Waals surface area contributed by atoms with E-state index in [0.717, 1.165) is 42.4 Å². The molecule has 0 saturated heterocycles. The second-order valence-electron chi connectivity index (χ2n) is 8.23. The van der Waals surface area contributed by atoms with E-state index >= 15 is 0 Å². The van der Waals surface area contributed by atoms with Gasteiger partial charge in [-0.3, -0.25) is 5.01 Å². The van der Waals surface area contributed by atoms with Gasteiger partial charge in [0.15, 0.2) is 0 Å². The van der Waals surface area contributed by atoms with Gasteiger partial charge in [0.1, 0.15) is 18.2 Å². The Hall–Kier alpha value is -3.84. The van der Waals surface area contributed by atoms with Crippen LogP contribution in [0, 0.1) is 0 Å². The van der Waals surface area contributed by atoms with E-state index in [1.165, 1.54) is 0 Å². The first kappa shape index (κ1) is 24.3. The fourth-order valence-corrected chi connectivity index (χ4v) is 4.00. The van der Waals surface area contributed by atoms with E-state index in [1.807, 2.05) is 89.9 Å². The minimum absolute atomic E-state index is 0.250. The van der Waals surface area contributed by atoms with Crippen molar-refractivity contribution < 1.29 is 9.53 Å². The van der Waals surface area contributed by atoms with Crippen LogP contribution in [-0.4, -0.2) is 49.6 Å². The summed E-state index contributed by atoms with van der Waals surface area (Å²) in [5.41, 5.74) is 2.48. The number of para-hydroxylation sites is 2. The molecule has 0 atom stereocenters. The van der Waals surface area contributed by atoms with Gasteiger partial charge >= 0.3 is 6.03 Å². The monoisotopic (exact) mass is 471 g/mol. The topological polar surface area (TPSA) is 60.4 Å². The molecule has 0 fully saturated rings. The summed E-state index contributed by atoms with van der Waals surface area (Å²) in [5, 5.41) is 9.72. The number of benzene rings is 3. The maximum atomic E-state index is 13.4. The van der Waals surface area contributed by atoms with Crippen molar-refractivity contribution in [3.05, 3.63) is 84.9 Å². The molecule has 3 aromatic rings. The molecule has 0 saturated carbocycles. The fourth-order valence-electron chi connectivity index (χ4n) is 4.00. The molecule has 1 aliphatic heterocycles. The maximum absolute atomic E-state index is 13.4. The van der Waals surface area contributed by atoms with Crippen LogP contribution in [0.1, 0.15) is 20.3 Å². The second-order valence-corrected chi connectivity index (χ2v) is 8.23. The first-order valence-corrected chi connectivity index (χ1v) is 12.2. The van der Waals surface area contributed by atoms with E-state index in [2.05, 4.69) is 24.1 Å². The smallest absolute Gasteiger partial charge is 0.331 e. The molecule has 4 rings (SSSR count). The molecule has 0 aromatic heterocycles. The van der Waals surface area contributed by atoms with Crippen LogP contribution < -0.4 is 20.0 Å². The van der Waals surface area contributed by atoms with Crippen molar-refractivity contribution in [3.63, 3.8) is 0 Å². The molecule has 182 valence electrons. The largest absolute Gasteiger partial charge is 0.492 e. The molecule has 2 amide bonds. The van der Waals surface area contributed by atoms with Gasteiger partial charge in [0.05, 0.1) is 11.4 Å². The van der Waals surface area contributed by atoms with Crippen LogP contribution >= 0.6 is 0 Å². The number of anilines is 3. The third-order valence-corrected chi connectivity index (χ3v) is 5.99. The summed E-state index contributed by atoms with van der Waals surface area (Å²) >= 11 is 0. The van der Waals surface area contributed by atoms with Crippen LogP contribution in [-0.2, 0) is 0 Å². The zero-order chi connectivity index (χ0) is 24.5. The number of hydrogen-bond acceptors (Lipinski definition) is 5. The predicted octanol–water partition coefficient (Wildman–Crippen LogP) is 5.67. The molecule has 0 spiro atoms. The predicted molar refractivity (Wildman–Crippen MR) is 144 cm³/mol. The van der Waals surface area contributed by atoms with Crippen molar-refractivity contribution in [1.82, 2.24) is 4.90 Å². The number of carbonyl (C=O) groups excluding carboxylic acids is 1. The molecule has 1 aliphatic rings. The number of urea groups is 1. The van der Waals surface area contributed by atoms with Gasteiger partial charge in [0.25, 0.3) is 0 Å². The lowest BCUT2D eigenvalue weighted by atomic mass is 10.2. The summed E-state index contributed by atoms with van der Waals surface area (Å²) in [6, 6.07) is 26.8. The van der Waals surface area contributed by atoms with E-state index in [-0.39, 0.29) is 6.03 Å². The average Bonchev–Trinajstić information content (AvgIpc) is 3.38. The van der Waals surface area contributed by atoms with Gasteiger partial charge in [-0.2, -0.15) is 5.10 Å². The van der Waals surface area contributed by atoms with Crippen LogP contribution in [0.2, 0.25) is 0 Å². The van der Waals surface area contributed by atoms with Gasteiger partial charge in [-0.25, -0.2) is 9.69 Å². The maximum Gasteiger partial charge on any atom is 0.331 e. The quantitative estimate of drug-likeness (QED) is 0.437. The number of carbonyl (C=O) groups is 1. The molecule has 7 nitrogen and oxygen atoms in total. The zero-order valence-corrected chi connectivity index (χ0v) is 20.4. The van der Waals surface area contributed by atoms with Gasteiger partial charge < -0.3 is 15.0 Å². The Morgan fingerprint density at radius 3 is 2.26 bits per heavy atom. The first-order valence-electron chi connectivity index (χ1n) is 12.2. The van der Waals surface area contributed by atoms with E-state index in [1.54, 1.807) is 4.90 Å². The van der Waals surface area contributed by atoms with Crippen molar-refractivity contribution in [1.29, 1.82) is 0 Å². The number of rotatable bonds is 9. The van der Waals surface area contributed by atoms with Gasteiger partial charge in [-0.1, -0.05) is 50.2 Å². The molecular weight excluding hydrogens is 438 g/mol. The first-order chi connectivity index (χ1) is 17.2. The number of hydrogen-bond donors (Lipinski definition) is 1. The molecule has 1 heterocycles. The van der Waals surface area contributed by atoms with Gasteiger partial charge in [0, 0.05) is 25.2 Å². The molecule has 0 aliphatic carbocycles. The Morgan fingerprint density at radius 1 is 0.943 bits per heavy atom. The van der Waals surface area contributed by atoms with Crippen LogP contribution in [0.3, 0.4) is 0 Å². The molecule has 0 bridgehead atoms. The number of amides is 2. The molecule has 0 radical (unpaired) electrons. The van der Waals surface area contributed by atoms with E-state index in [9.17, 15) is 4.79 Å². The SMILES string of the molecule is CCN(CC)CCOc1ccc(N(C(=O)Nc2ccccc2)C2=NN(c3ccccc3)CC2)cc1. The molecule has 35 heavy (non-hydrogen) atoms. The standard InChI is InChI=1S/C28H33N5O2/c1-3-31(4-2)21-22-35-26-17-15-25(16-18-26)33(28(34)29-23-11-7-5-8-12-23)27-19-20-32(30-27)24-13-9-6-10-14-24/h5-18H,3-4,19-22H2,1-2H3,(H,29,34). The lowest BCUT2D eigenvalue weighted by molar-refractivity contribution is 0.223. The summed E-state index contributed by atoms with van der Waals surface area (Å²) < 4.78 is 5.93. The molecule has 7 heteroatoms. The number of nitrogens with one attached hydrogen (secondary N) is 1. The molecule has 1 N–H and O–H groups in total. The van der Waals surface area contributed by atoms with Crippen molar-refractivity contribution >= 4 is 28.9 Å². The van der Waals surface area contributed by atoms with Gasteiger partial charge in [0.2, 0.25) is 0 Å². The summed E-state index contributed by atoms with van der Waals surface area (Å²) in [7, 11) is 0. The Kier molecular flexibility index (Phi) is 8.35. The highest BCUT2D eigenvalue weighted by atomic mass is 16.5. The minimum atomic E-state index is -0.250. The Labute approximate surface area is 207 Å². The fraction of sp³-hybridized carbons (Fsp3) is 0.286. The summed E-state index contributed by atoms with van der Waals surface area (Å²) in [5.74, 6) is 1.47. The van der Waals surface area contributed by atoms with Crippen LogP contribution in [0.15, 0.2) is 90.0 Å². The van der Waals surface area contributed by atoms with Gasteiger partial charge in [-0.15, -0.1) is 0 Å². The minimum Gasteiger partial charge on any atom is -0.492 e. The number of amidine groups is 1. The molecule has 0 unspecified atom stereocenters. The number of ether oxygens (including phenoxy) is 1. The van der Waals surface area contributed by atoms with Crippen molar-refractivity contribution in [2.24, 2.45) is 5.10 Å². The summed E-state index contributed by atoms with van der Waals surface area (Å²) in [6.45, 7) is 8.53. The van der Waals surface area contributed by atoms with Crippen LogP contribution in [0.4, 0.5) is 21.9 Å². The second kappa shape index (κ2) is 12.0. The highest BCUT2D eigenvalue weighted by Crippen LogP contribution is 2.26. The molecular formula is C28H33N5O2. The third-order valence-electron chi connectivity index (χ3n) is 5.99. The van der Waals surface area contributed by atoms with Crippen molar-refractivity contribution in [2.45, 2.75) is 20.3 Å². The summed E-state index contributed by atoms with van der Waals surface area (Å²) in [6.07, 6.45) is 0.652. The summed E-state index contributed by atoms with van der Waals surface area (Å²) in [4.78, 5) is 17.4. The lowest BCUT2D eigenvalue weighted by Crippen LogP contribution is -2.39. The normalized spacial score (nSPS) is 13.0. The lowest BCUT2D eigenvalue weighted by Gasteiger charge is -2.23.